The maximum atomic E-state index is 13.4. The topological polar surface area (TPSA) is 94.1 Å². The van der Waals surface area contributed by atoms with E-state index < -0.39 is 6.17 Å². The Hall–Kier alpha value is -3.33. The summed E-state index contributed by atoms with van der Waals surface area (Å²) in [7, 11) is 1.61. The molecule has 1 aromatic carbocycles. The van der Waals surface area contributed by atoms with E-state index in [0.717, 1.165) is 5.75 Å². The lowest BCUT2D eigenvalue weighted by Gasteiger charge is -2.15. The van der Waals surface area contributed by atoms with Crippen molar-refractivity contribution in [2.75, 3.05) is 25.5 Å². The van der Waals surface area contributed by atoms with Crippen LogP contribution in [0.5, 0.6) is 17.4 Å². The summed E-state index contributed by atoms with van der Waals surface area (Å²) in [6.07, 6.45) is 4.37. The van der Waals surface area contributed by atoms with Crippen molar-refractivity contribution in [3.05, 3.63) is 49.1 Å². The zero-order chi connectivity index (χ0) is 20.1. The number of rotatable bonds is 7. The molecule has 4 rings (SSSR count). The van der Waals surface area contributed by atoms with Crippen LogP contribution in [-0.4, -0.2) is 52.3 Å². The third-order valence-corrected chi connectivity index (χ3v) is 4.55. The number of hydrogen-bond donors (Lipinski definition) is 2. The van der Waals surface area contributed by atoms with E-state index in [9.17, 15) is 4.39 Å². The molecule has 3 heterocycles. The Kier molecular flexibility index (Phi) is 5.76. The molecule has 29 heavy (non-hydrogen) atoms. The molecule has 3 aromatic rings. The fraction of sp³-hybridized carbons (Fsp3) is 0.300. The summed E-state index contributed by atoms with van der Waals surface area (Å²) >= 11 is 0. The highest BCUT2D eigenvalue weighted by Crippen LogP contribution is 2.30. The zero-order valence-corrected chi connectivity index (χ0v) is 15.9. The van der Waals surface area contributed by atoms with E-state index in [4.69, 9.17) is 9.47 Å². The number of nitrogens with zero attached hydrogens (tertiary/aromatic N) is 4. The van der Waals surface area contributed by atoms with E-state index in [1.54, 1.807) is 49.8 Å². The van der Waals surface area contributed by atoms with Gasteiger partial charge in [0.15, 0.2) is 5.82 Å². The quantitative estimate of drug-likeness (QED) is 0.630. The van der Waals surface area contributed by atoms with Crippen molar-refractivity contribution in [2.45, 2.75) is 18.6 Å². The third-order valence-electron chi connectivity index (χ3n) is 4.55. The second-order valence-corrected chi connectivity index (χ2v) is 6.60. The molecule has 9 heteroatoms. The first kappa shape index (κ1) is 19.0. The molecule has 2 atom stereocenters. The summed E-state index contributed by atoms with van der Waals surface area (Å²) in [5, 5.41) is 6.41. The molecule has 1 unspecified atom stereocenters. The number of anilines is 1. The predicted octanol–water partition coefficient (Wildman–Crippen LogP) is 2.85. The number of hydrogen-bond acceptors (Lipinski definition) is 8. The summed E-state index contributed by atoms with van der Waals surface area (Å²) in [5.74, 6) is 2.11. The monoisotopic (exact) mass is 396 g/mol. The van der Waals surface area contributed by atoms with Gasteiger partial charge >= 0.3 is 0 Å². The van der Waals surface area contributed by atoms with Gasteiger partial charge in [-0.1, -0.05) is 0 Å². The van der Waals surface area contributed by atoms with Crippen molar-refractivity contribution in [1.29, 1.82) is 0 Å². The first-order valence-corrected chi connectivity index (χ1v) is 9.28. The van der Waals surface area contributed by atoms with Crippen LogP contribution in [0.4, 0.5) is 10.1 Å². The van der Waals surface area contributed by atoms with Crippen LogP contribution in [0.2, 0.25) is 0 Å². The summed E-state index contributed by atoms with van der Waals surface area (Å²) in [6.45, 7) is 0.917. The van der Waals surface area contributed by atoms with Gasteiger partial charge in [0.1, 0.15) is 35.4 Å². The second kappa shape index (κ2) is 8.78. The Balaban J connectivity index is 1.58. The van der Waals surface area contributed by atoms with Crippen molar-refractivity contribution in [3.8, 4) is 28.9 Å². The molecule has 0 saturated carbocycles. The summed E-state index contributed by atoms with van der Waals surface area (Å²) in [6, 6.07) is 8.96. The Morgan fingerprint density at radius 2 is 2.00 bits per heavy atom. The van der Waals surface area contributed by atoms with Crippen LogP contribution in [-0.2, 0) is 0 Å². The highest BCUT2D eigenvalue weighted by molar-refractivity contribution is 5.58. The molecule has 2 N–H and O–H groups in total. The highest BCUT2D eigenvalue weighted by atomic mass is 19.1. The Bertz CT molecular complexity index is 941. The zero-order valence-electron chi connectivity index (χ0n) is 15.9. The molecular weight excluding hydrogens is 375 g/mol. The van der Waals surface area contributed by atoms with Crippen molar-refractivity contribution in [2.24, 2.45) is 0 Å². The molecule has 0 aliphatic carbocycles. The molecule has 0 radical (unpaired) electrons. The predicted molar refractivity (Wildman–Crippen MR) is 106 cm³/mol. The lowest BCUT2D eigenvalue weighted by atomic mass is 10.2. The van der Waals surface area contributed by atoms with E-state index in [1.807, 2.05) is 0 Å². The van der Waals surface area contributed by atoms with Gasteiger partial charge in [0.2, 0.25) is 5.88 Å². The Labute approximate surface area is 167 Å². The molecule has 0 bridgehead atoms. The van der Waals surface area contributed by atoms with Gasteiger partial charge in [-0.05, 0) is 36.8 Å². The van der Waals surface area contributed by atoms with Crippen LogP contribution in [0.3, 0.4) is 0 Å². The van der Waals surface area contributed by atoms with Gasteiger partial charge in [-0.15, -0.1) is 0 Å². The molecule has 1 aliphatic rings. The first-order valence-electron chi connectivity index (χ1n) is 9.28. The van der Waals surface area contributed by atoms with Crippen LogP contribution in [0.25, 0.3) is 11.5 Å². The van der Waals surface area contributed by atoms with Crippen molar-refractivity contribution >= 4 is 5.69 Å². The standard InChI is InChI=1S/C20H21FN6O2/c1-28-15-2-4-16(5-3-15)29-20-18(24-10-14-8-13(21)9-23-14)11-25-19(27-20)17-6-7-22-12-26-17/h2-7,11-14,23-24H,8-10H2,1H3/t13?,14-/m0/s1. The smallest absolute Gasteiger partial charge is 0.246 e. The van der Waals surface area contributed by atoms with Gasteiger partial charge in [-0.2, -0.15) is 4.98 Å². The van der Waals surface area contributed by atoms with Gasteiger partial charge in [-0.3, -0.25) is 0 Å². The number of halogens is 1. The SMILES string of the molecule is COc1ccc(Oc2nc(-c3ccncn3)ncc2NC[C@@H]2CC(F)CN2)cc1. The maximum absolute atomic E-state index is 13.4. The van der Waals surface area contributed by atoms with Gasteiger partial charge < -0.3 is 20.1 Å². The largest absolute Gasteiger partial charge is 0.497 e. The number of methoxy groups -OCH3 is 1. The Morgan fingerprint density at radius 1 is 1.17 bits per heavy atom. The van der Waals surface area contributed by atoms with Gasteiger partial charge in [0.25, 0.3) is 0 Å². The fourth-order valence-corrected chi connectivity index (χ4v) is 3.03. The van der Waals surface area contributed by atoms with Crippen LogP contribution in [0, 0.1) is 0 Å². The molecule has 1 saturated heterocycles. The van der Waals surface area contributed by atoms with Gasteiger partial charge in [0, 0.05) is 25.3 Å². The average molecular weight is 396 g/mol. The number of benzene rings is 1. The number of nitrogens with one attached hydrogen (secondary N) is 2. The molecule has 150 valence electrons. The van der Waals surface area contributed by atoms with E-state index >= 15 is 0 Å². The number of aromatic nitrogens is 4. The third kappa shape index (κ3) is 4.75. The Morgan fingerprint density at radius 3 is 2.69 bits per heavy atom. The molecule has 0 spiro atoms. The normalized spacial score (nSPS) is 18.4. The van der Waals surface area contributed by atoms with Crippen LogP contribution >= 0.6 is 0 Å². The van der Waals surface area contributed by atoms with Crippen LogP contribution in [0.1, 0.15) is 6.42 Å². The van der Waals surface area contributed by atoms with Crippen LogP contribution < -0.4 is 20.1 Å². The van der Waals surface area contributed by atoms with Crippen molar-refractivity contribution < 1.29 is 13.9 Å². The average Bonchev–Trinajstić information content (AvgIpc) is 3.19. The number of alkyl halides is 1. The second-order valence-electron chi connectivity index (χ2n) is 6.60. The van der Waals surface area contributed by atoms with Crippen LogP contribution in [0.15, 0.2) is 49.1 Å². The lowest BCUT2D eigenvalue weighted by molar-refractivity contribution is 0.356. The number of ether oxygens (including phenoxy) is 2. The van der Waals surface area contributed by atoms with E-state index in [2.05, 4.69) is 30.6 Å². The molecule has 0 amide bonds. The molecular formula is C20H21FN6O2. The highest BCUT2D eigenvalue weighted by Gasteiger charge is 2.23. The van der Waals surface area contributed by atoms with E-state index in [0.29, 0.717) is 48.3 Å². The minimum atomic E-state index is -0.812. The van der Waals surface area contributed by atoms with Crippen molar-refractivity contribution in [1.82, 2.24) is 25.3 Å². The minimum Gasteiger partial charge on any atom is -0.497 e. The summed E-state index contributed by atoms with van der Waals surface area (Å²) in [4.78, 5) is 17.0. The maximum Gasteiger partial charge on any atom is 0.246 e. The fourth-order valence-electron chi connectivity index (χ4n) is 3.03. The molecule has 8 nitrogen and oxygen atoms in total. The van der Waals surface area contributed by atoms with Gasteiger partial charge in [-0.25, -0.2) is 19.3 Å². The summed E-state index contributed by atoms with van der Waals surface area (Å²) < 4.78 is 24.6. The van der Waals surface area contributed by atoms with E-state index in [1.165, 1.54) is 6.33 Å². The first-order chi connectivity index (χ1) is 14.2. The minimum absolute atomic E-state index is 0.0420. The lowest BCUT2D eigenvalue weighted by Crippen LogP contribution is -2.29. The molecule has 2 aromatic heterocycles. The summed E-state index contributed by atoms with van der Waals surface area (Å²) in [5.41, 5.74) is 1.20. The van der Waals surface area contributed by atoms with E-state index in [-0.39, 0.29) is 6.04 Å². The molecule has 1 aliphatic heterocycles. The molecule has 1 fully saturated rings. The van der Waals surface area contributed by atoms with Crippen molar-refractivity contribution in [3.63, 3.8) is 0 Å². The van der Waals surface area contributed by atoms with Gasteiger partial charge in [0.05, 0.1) is 13.3 Å².